The Morgan fingerprint density at radius 2 is 2.11 bits per heavy atom. The van der Waals surface area contributed by atoms with E-state index in [1.54, 1.807) is 12.3 Å². The minimum absolute atomic E-state index is 0.292. The monoisotopic (exact) mass is 367 g/mol. The van der Waals surface area contributed by atoms with Gasteiger partial charge in [0.15, 0.2) is 0 Å². The number of H-pyrrole nitrogens is 1. The number of ether oxygens (including phenoxy) is 1. The largest absolute Gasteiger partial charge is 0.492 e. The van der Waals surface area contributed by atoms with Crippen LogP contribution in [0.3, 0.4) is 0 Å². The van der Waals surface area contributed by atoms with Crippen molar-refractivity contribution in [2.75, 3.05) is 6.61 Å². The number of unbranched alkanes of at least 4 members (excludes halogenated alkanes) is 1. The van der Waals surface area contributed by atoms with E-state index in [-0.39, 0.29) is 12.1 Å². The summed E-state index contributed by atoms with van der Waals surface area (Å²) in [5, 5.41) is 8.74. The topological polar surface area (TPSA) is 97.2 Å². The second-order valence-corrected chi connectivity index (χ2v) is 6.16. The Hall–Kier alpha value is -3.35. The summed E-state index contributed by atoms with van der Waals surface area (Å²) in [6.45, 7) is 0.253. The molecule has 0 spiro atoms. The Morgan fingerprint density at radius 3 is 2.78 bits per heavy atom. The number of hydrogen-bond acceptors (Lipinski definition) is 4. The maximum atomic E-state index is 11.8. The number of nitrogens with one attached hydrogen (secondary N) is 1. The van der Waals surface area contributed by atoms with Crippen LogP contribution in [0.2, 0.25) is 0 Å². The Kier molecular flexibility index (Phi) is 6.04. The summed E-state index contributed by atoms with van der Waals surface area (Å²) in [6, 6.07) is 11.0. The van der Waals surface area contributed by atoms with E-state index in [0.29, 0.717) is 6.61 Å². The number of aryl methyl sites for hydroxylation is 1. The lowest BCUT2D eigenvalue weighted by Gasteiger charge is -2.07. The van der Waals surface area contributed by atoms with Crippen molar-refractivity contribution in [2.24, 2.45) is 0 Å². The van der Waals surface area contributed by atoms with E-state index in [0.717, 1.165) is 42.0 Å². The van der Waals surface area contributed by atoms with E-state index >= 15 is 0 Å². The molecule has 7 nitrogen and oxygen atoms in total. The number of carboxylic acid groups (broad SMARTS) is 1. The SMILES string of the molecule is O=C(O)Cn1ccc(CCCCOc2ccc(-c3ccc[nH]3)nc2)cc1=O. The van der Waals surface area contributed by atoms with E-state index in [4.69, 9.17) is 9.84 Å². The summed E-state index contributed by atoms with van der Waals surface area (Å²) in [7, 11) is 0. The van der Waals surface area contributed by atoms with Crippen molar-refractivity contribution in [2.45, 2.75) is 25.8 Å². The fourth-order valence-corrected chi connectivity index (χ4v) is 2.72. The predicted octanol–water partition coefficient (Wildman–Crippen LogP) is 2.72. The van der Waals surface area contributed by atoms with Crippen LogP contribution in [0.4, 0.5) is 0 Å². The van der Waals surface area contributed by atoms with Gasteiger partial charge in [-0.2, -0.15) is 0 Å². The number of rotatable bonds is 9. The van der Waals surface area contributed by atoms with Crippen molar-refractivity contribution >= 4 is 5.97 Å². The van der Waals surface area contributed by atoms with Crippen LogP contribution in [-0.4, -0.2) is 32.2 Å². The molecule has 0 aromatic carbocycles. The fraction of sp³-hybridized carbons (Fsp3) is 0.250. The van der Waals surface area contributed by atoms with Crippen LogP contribution >= 0.6 is 0 Å². The Morgan fingerprint density at radius 1 is 1.22 bits per heavy atom. The number of aromatic amines is 1. The summed E-state index contributed by atoms with van der Waals surface area (Å²) >= 11 is 0. The normalized spacial score (nSPS) is 10.7. The molecule has 0 saturated carbocycles. The van der Waals surface area contributed by atoms with Gasteiger partial charge in [0.25, 0.3) is 5.56 Å². The molecular weight excluding hydrogens is 346 g/mol. The highest BCUT2D eigenvalue weighted by atomic mass is 16.5. The average Bonchev–Trinajstić information content (AvgIpc) is 3.18. The predicted molar refractivity (Wildman–Crippen MR) is 101 cm³/mol. The first kappa shape index (κ1) is 18.4. The standard InChI is InChI=1S/C20H21N3O4/c24-19-12-15(8-10-23(19)14-20(25)26)4-1-2-11-27-16-6-7-18(22-13-16)17-5-3-9-21-17/h3,5-10,12-13,21H,1-2,4,11,14H2,(H,25,26). The minimum Gasteiger partial charge on any atom is -0.492 e. The highest BCUT2D eigenvalue weighted by molar-refractivity contribution is 5.66. The number of hydrogen-bond donors (Lipinski definition) is 2. The van der Waals surface area contributed by atoms with Gasteiger partial charge in [-0.15, -0.1) is 0 Å². The number of carboxylic acids is 1. The molecule has 0 atom stereocenters. The summed E-state index contributed by atoms with van der Waals surface area (Å²) in [4.78, 5) is 30.0. The van der Waals surface area contributed by atoms with E-state index in [2.05, 4.69) is 9.97 Å². The van der Waals surface area contributed by atoms with Gasteiger partial charge in [0.2, 0.25) is 0 Å². The molecule has 0 amide bonds. The molecule has 27 heavy (non-hydrogen) atoms. The van der Waals surface area contributed by atoms with Crippen molar-refractivity contribution in [3.8, 4) is 17.1 Å². The van der Waals surface area contributed by atoms with Crippen LogP contribution in [0.5, 0.6) is 5.75 Å². The maximum Gasteiger partial charge on any atom is 0.323 e. The molecule has 3 aromatic heterocycles. The molecular formula is C20H21N3O4. The van der Waals surface area contributed by atoms with Gasteiger partial charge in [0, 0.05) is 18.5 Å². The van der Waals surface area contributed by atoms with Gasteiger partial charge in [-0.05, 0) is 55.2 Å². The van der Waals surface area contributed by atoms with Gasteiger partial charge in [-0.1, -0.05) is 0 Å². The van der Waals surface area contributed by atoms with Gasteiger partial charge in [0.1, 0.15) is 12.3 Å². The smallest absolute Gasteiger partial charge is 0.323 e. The average molecular weight is 367 g/mol. The van der Waals surface area contributed by atoms with Crippen molar-refractivity contribution in [3.05, 3.63) is 70.9 Å². The number of carbonyl (C=O) groups is 1. The number of aromatic nitrogens is 3. The van der Waals surface area contributed by atoms with Crippen LogP contribution in [0.1, 0.15) is 18.4 Å². The Labute approximate surface area is 156 Å². The lowest BCUT2D eigenvalue weighted by molar-refractivity contribution is -0.137. The van der Waals surface area contributed by atoms with Crippen LogP contribution in [-0.2, 0) is 17.8 Å². The van der Waals surface area contributed by atoms with Crippen molar-refractivity contribution in [1.29, 1.82) is 0 Å². The van der Waals surface area contributed by atoms with Crippen molar-refractivity contribution < 1.29 is 14.6 Å². The van der Waals surface area contributed by atoms with Crippen LogP contribution in [0.15, 0.2) is 59.8 Å². The zero-order chi connectivity index (χ0) is 19.1. The first-order valence-corrected chi connectivity index (χ1v) is 8.75. The molecule has 0 saturated heterocycles. The Bertz CT molecular complexity index is 931. The van der Waals surface area contributed by atoms with E-state index in [9.17, 15) is 9.59 Å². The third kappa shape index (κ3) is 5.31. The molecule has 0 fully saturated rings. The Balaban J connectivity index is 1.41. The zero-order valence-corrected chi connectivity index (χ0v) is 14.8. The van der Waals surface area contributed by atoms with Crippen molar-refractivity contribution in [3.63, 3.8) is 0 Å². The zero-order valence-electron chi connectivity index (χ0n) is 14.8. The summed E-state index contributed by atoms with van der Waals surface area (Å²) in [5.41, 5.74) is 2.44. The molecule has 0 aliphatic heterocycles. The van der Waals surface area contributed by atoms with E-state index in [1.807, 2.05) is 30.5 Å². The highest BCUT2D eigenvalue weighted by Crippen LogP contribution is 2.17. The summed E-state index contributed by atoms with van der Waals surface area (Å²) < 4.78 is 6.88. The first-order chi connectivity index (χ1) is 13.1. The minimum atomic E-state index is -1.03. The molecule has 0 aliphatic carbocycles. The molecule has 0 unspecified atom stereocenters. The second-order valence-electron chi connectivity index (χ2n) is 6.16. The molecule has 3 rings (SSSR count). The van der Waals surface area contributed by atoms with E-state index in [1.165, 1.54) is 16.8 Å². The van der Waals surface area contributed by atoms with Gasteiger partial charge in [0.05, 0.1) is 24.2 Å². The van der Waals surface area contributed by atoms with Crippen LogP contribution in [0.25, 0.3) is 11.4 Å². The third-order valence-electron chi connectivity index (χ3n) is 4.10. The van der Waals surface area contributed by atoms with E-state index < -0.39 is 5.97 Å². The maximum absolute atomic E-state index is 11.8. The molecule has 0 radical (unpaired) electrons. The molecule has 3 heterocycles. The molecule has 7 heteroatoms. The number of nitrogens with zero attached hydrogens (tertiary/aromatic N) is 2. The third-order valence-corrected chi connectivity index (χ3v) is 4.10. The van der Waals surface area contributed by atoms with Gasteiger partial charge >= 0.3 is 5.97 Å². The van der Waals surface area contributed by atoms with Gasteiger partial charge < -0.3 is 19.4 Å². The molecule has 0 aliphatic rings. The molecule has 3 aromatic rings. The van der Waals surface area contributed by atoms with Gasteiger partial charge in [-0.25, -0.2) is 0 Å². The number of pyridine rings is 2. The quantitative estimate of drug-likeness (QED) is 0.567. The molecule has 0 bridgehead atoms. The lowest BCUT2D eigenvalue weighted by atomic mass is 10.1. The lowest BCUT2D eigenvalue weighted by Crippen LogP contribution is -2.23. The molecule has 2 N–H and O–H groups in total. The second kappa shape index (κ2) is 8.84. The number of aliphatic carboxylic acids is 1. The van der Waals surface area contributed by atoms with Gasteiger partial charge in [-0.3, -0.25) is 14.6 Å². The van der Waals surface area contributed by atoms with Crippen molar-refractivity contribution in [1.82, 2.24) is 14.5 Å². The summed E-state index contributed by atoms with van der Waals surface area (Å²) in [6.07, 6.45) is 7.55. The molecule has 140 valence electrons. The highest BCUT2D eigenvalue weighted by Gasteiger charge is 2.04. The first-order valence-electron chi connectivity index (χ1n) is 8.75. The van der Waals surface area contributed by atoms with Crippen LogP contribution < -0.4 is 10.3 Å². The fourth-order valence-electron chi connectivity index (χ4n) is 2.72. The van der Waals surface area contributed by atoms with Crippen LogP contribution in [0, 0.1) is 0 Å². The summed E-state index contributed by atoms with van der Waals surface area (Å²) in [5.74, 6) is -0.306.